The Kier molecular flexibility index (Phi) is 5.18. The van der Waals surface area contributed by atoms with E-state index in [4.69, 9.17) is 0 Å². The third-order valence-electron chi connectivity index (χ3n) is 2.74. The minimum Gasteiger partial charge on any atom is -0.322 e. The van der Waals surface area contributed by atoms with E-state index in [1.807, 2.05) is 12.1 Å². The van der Waals surface area contributed by atoms with Gasteiger partial charge in [0.15, 0.2) is 0 Å². The molecule has 0 aliphatic heterocycles. The molecule has 2 aromatic carbocycles. The average Bonchev–Trinajstić information content (AvgIpc) is 2.48. The first-order valence-electron chi connectivity index (χ1n) is 5.90. The van der Waals surface area contributed by atoms with Gasteiger partial charge in [-0.2, -0.15) is 0 Å². The van der Waals surface area contributed by atoms with Crippen molar-refractivity contribution < 1.29 is 9.72 Å². The molecule has 0 heterocycles. The van der Waals surface area contributed by atoms with Gasteiger partial charge in [-0.15, -0.1) is 11.8 Å². The molecule has 1 N–H and O–H groups in total. The van der Waals surface area contributed by atoms with Gasteiger partial charge in [0.05, 0.1) is 9.82 Å². The summed E-state index contributed by atoms with van der Waals surface area (Å²) in [5.41, 5.74) is 0.854. The molecule has 1 amide bonds. The van der Waals surface area contributed by atoms with Crippen molar-refractivity contribution in [1.82, 2.24) is 0 Å². The molecule has 2 aromatic rings. The Bertz CT molecular complexity index is 689. The average molecular weight is 414 g/mol. The number of nitro benzene ring substituents is 1. The van der Waals surface area contributed by atoms with Crippen LogP contribution in [0.25, 0.3) is 0 Å². The zero-order chi connectivity index (χ0) is 15.4. The number of hydrogen-bond donors (Lipinski definition) is 1. The Balaban J connectivity index is 2.25. The van der Waals surface area contributed by atoms with Gasteiger partial charge in [0.1, 0.15) is 0 Å². The molecule has 2 rings (SSSR count). The number of amides is 1. The second kappa shape index (κ2) is 6.90. The molecule has 0 spiro atoms. The smallest absolute Gasteiger partial charge is 0.283 e. The van der Waals surface area contributed by atoms with Crippen molar-refractivity contribution in [2.24, 2.45) is 0 Å². The molecule has 0 radical (unpaired) electrons. The molecule has 108 valence electrons. The Hall–Kier alpha value is -1.61. The fourth-order valence-electron chi connectivity index (χ4n) is 1.71. The molecule has 0 saturated heterocycles. The van der Waals surface area contributed by atoms with Crippen molar-refractivity contribution >= 4 is 51.6 Å². The van der Waals surface area contributed by atoms with Crippen LogP contribution in [0, 0.1) is 13.7 Å². The Morgan fingerprint density at radius 1 is 1.24 bits per heavy atom. The van der Waals surface area contributed by atoms with E-state index in [9.17, 15) is 14.9 Å². The van der Waals surface area contributed by atoms with Crippen LogP contribution in [0.5, 0.6) is 0 Å². The van der Waals surface area contributed by atoms with Gasteiger partial charge in [-0.1, -0.05) is 0 Å². The molecule has 7 heteroatoms. The molecule has 0 aromatic heterocycles. The largest absolute Gasteiger partial charge is 0.322 e. The minimum absolute atomic E-state index is 0.0576. The van der Waals surface area contributed by atoms with Crippen molar-refractivity contribution in [2.75, 3.05) is 11.6 Å². The van der Waals surface area contributed by atoms with Gasteiger partial charge in [0.25, 0.3) is 11.6 Å². The van der Waals surface area contributed by atoms with Gasteiger partial charge in [-0.05, 0) is 65.2 Å². The van der Waals surface area contributed by atoms with Crippen LogP contribution in [-0.4, -0.2) is 17.1 Å². The van der Waals surface area contributed by atoms with E-state index in [0.717, 1.165) is 3.57 Å². The first-order chi connectivity index (χ1) is 10.0. The van der Waals surface area contributed by atoms with Crippen LogP contribution >= 0.6 is 34.4 Å². The standard InChI is InChI=1S/C14H11IN2O3S/c1-21-13-7-2-9(8-12(13)17(19)20)14(18)16-11-5-3-10(15)4-6-11/h2-8H,1H3,(H,16,18). The first kappa shape index (κ1) is 15.8. The van der Waals surface area contributed by atoms with Crippen LogP contribution in [-0.2, 0) is 0 Å². The molecule has 5 nitrogen and oxygen atoms in total. The Morgan fingerprint density at radius 3 is 2.48 bits per heavy atom. The number of nitrogens with zero attached hydrogens (tertiary/aromatic N) is 1. The van der Waals surface area contributed by atoms with Gasteiger partial charge in [0, 0.05) is 20.9 Å². The van der Waals surface area contributed by atoms with E-state index < -0.39 is 4.92 Å². The van der Waals surface area contributed by atoms with Crippen LogP contribution < -0.4 is 5.32 Å². The van der Waals surface area contributed by atoms with Crippen molar-refractivity contribution in [3.8, 4) is 0 Å². The van der Waals surface area contributed by atoms with E-state index in [2.05, 4.69) is 27.9 Å². The highest BCUT2D eigenvalue weighted by atomic mass is 127. The van der Waals surface area contributed by atoms with E-state index in [1.54, 1.807) is 30.5 Å². The molecule has 21 heavy (non-hydrogen) atoms. The van der Waals surface area contributed by atoms with Gasteiger partial charge in [-0.3, -0.25) is 14.9 Å². The van der Waals surface area contributed by atoms with E-state index in [0.29, 0.717) is 10.6 Å². The highest BCUT2D eigenvalue weighted by Crippen LogP contribution is 2.28. The maximum Gasteiger partial charge on any atom is 0.283 e. The molecular formula is C14H11IN2O3S. The van der Waals surface area contributed by atoms with Crippen LogP contribution in [0.2, 0.25) is 0 Å². The predicted octanol–water partition coefficient (Wildman–Crippen LogP) is 4.17. The predicted molar refractivity (Wildman–Crippen MR) is 92.0 cm³/mol. The van der Waals surface area contributed by atoms with Crippen molar-refractivity contribution in [1.29, 1.82) is 0 Å². The number of hydrogen-bond acceptors (Lipinski definition) is 4. The van der Waals surface area contributed by atoms with Crippen molar-refractivity contribution in [2.45, 2.75) is 4.90 Å². The van der Waals surface area contributed by atoms with Crippen LogP contribution in [0.1, 0.15) is 10.4 Å². The Labute approximate surface area is 139 Å². The van der Waals surface area contributed by atoms with E-state index in [1.165, 1.54) is 17.8 Å². The lowest BCUT2D eigenvalue weighted by Gasteiger charge is -2.06. The van der Waals surface area contributed by atoms with Gasteiger partial charge in [-0.25, -0.2) is 0 Å². The molecule has 0 atom stereocenters. The SMILES string of the molecule is CSc1ccc(C(=O)Nc2ccc(I)cc2)cc1[N+](=O)[O-]. The van der Waals surface area contributed by atoms with Crippen molar-refractivity contribution in [3.63, 3.8) is 0 Å². The highest BCUT2D eigenvalue weighted by Gasteiger charge is 2.17. The lowest BCUT2D eigenvalue weighted by molar-refractivity contribution is -0.387. The van der Waals surface area contributed by atoms with E-state index >= 15 is 0 Å². The molecule has 0 bridgehead atoms. The first-order valence-corrected chi connectivity index (χ1v) is 8.21. The summed E-state index contributed by atoms with van der Waals surface area (Å²) in [4.78, 5) is 23.2. The van der Waals surface area contributed by atoms with Crippen molar-refractivity contribution in [3.05, 3.63) is 61.7 Å². The molecule has 0 fully saturated rings. The number of carbonyl (C=O) groups is 1. The number of nitrogens with one attached hydrogen (secondary N) is 1. The summed E-state index contributed by atoms with van der Waals surface area (Å²) in [6, 6.07) is 11.8. The monoisotopic (exact) mass is 414 g/mol. The Morgan fingerprint density at radius 2 is 1.90 bits per heavy atom. The molecular weight excluding hydrogens is 403 g/mol. The molecule has 0 aliphatic rings. The number of carbonyl (C=O) groups excluding carboxylic acids is 1. The maximum absolute atomic E-state index is 12.1. The highest BCUT2D eigenvalue weighted by molar-refractivity contribution is 14.1. The molecule has 0 unspecified atom stereocenters. The second-order valence-electron chi connectivity index (χ2n) is 4.10. The summed E-state index contributed by atoms with van der Waals surface area (Å²) in [6.45, 7) is 0. The number of thioether (sulfide) groups is 1. The summed E-state index contributed by atoms with van der Waals surface area (Å²) in [6.07, 6.45) is 1.76. The fraction of sp³-hybridized carbons (Fsp3) is 0.0714. The maximum atomic E-state index is 12.1. The van der Waals surface area contributed by atoms with Crippen LogP contribution in [0.4, 0.5) is 11.4 Å². The summed E-state index contributed by atoms with van der Waals surface area (Å²) in [5, 5.41) is 13.7. The number of rotatable bonds is 4. The summed E-state index contributed by atoms with van der Waals surface area (Å²) >= 11 is 3.45. The number of anilines is 1. The van der Waals surface area contributed by atoms with Crippen LogP contribution in [0.3, 0.4) is 0 Å². The zero-order valence-corrected chi connectivity index (χ0v) is 14.0. The minimum atomic E-state index is -0.479. The summed E-state index contributed by atoms with van der Waals surface area (Å²) < 4.78 is 1.06. The lowest BCUT2D eigenvalue weighted by atomic mass is 10.2. The normalized spacial score (nSPS) is 10.2. The quantitative estimate of drug-likeness (QED) is 0.353. The van der Waals surface area contributed by atoms with Gasteiger partial charge in [0.2, 0.25) is 0 Å². The molecule has 0 aliphatic carbocycles. The number of nitro groups is 1. The fourth-order valence-corrected chi connectivity index (χ4v) is 2.62. The topological polar surface area (TPSA) is 72.2 Å². The number of benzene rings is 2. The molecule has 0 saturated carbocycles. The van der Waals surface area contributed by atoms with Gasteiger partial charge >= 0.3 is 0 Å². The van der Waals surface area contributed by atoms with E-state index in [-0.39, 0.29) is 17.2 Å². The number of halogens is 1. The summed E-state index contributed by atoms with van der Waals surface area (Å²) in [5.74, 6) is -0.369. The summed E-state index contributed by atoms with van der Waals surface area (Å²) in [7, 11) is 0. The van der Waals surface area contributed by atoms with Gasteiger partial charge < -0.3 is 5.32 Å². The second-order valence-corrected chi connectivity index (χ2v) is 6.20. The zero-order valence-electron chi connectivity index (χ0n) is 11.0. The third kappa shape index (κ3) is 3.94. The third-order valence-corrected chi connectivity index (χ3v) is 4.24. The van der Waals surface area contributed by atoms with Crippen LogP contribution in [0.15, 0.2) is 47.4 Å². The lowest BCUT2D eigenvalue weighted by Crippen LogP contribution is -2.12.